The summed E-state index contributed by atoms with van der Waals surface area (Å²) in [5.74, 6) is -0.207. The van der Waals surface area contributed by atoms with E-state index in [0.717, 1.165) is 6.07 Å². The molecule has 0 aliphatic heterocycles. The lowest BCUT2D eigenvalue weighted by molar-refractivity contribution is -0.138. The van der Waals surface area contributed by atoms with Crippen molar-refractivity contribution in [3.63, 3.8) is 0 Å². The number of alkyl halides is 3. The summed E-state index contributed by atoms with van der Waals surface area (Å²) in [4.78, 5) is 0. The fraction of sp³-hybridized carbons (Fsp3) is 0.455. The molecule has 0 bridgehead atoms. The predicted molar refractivity (Wildman–Crippen MR) is 53.4 cm³/mol. The van der Waals surface area contributed by atoms with Gasteiger partial charge in [0.25, 0.3) is 0 Å². The number of halogens is 3. The van der Waals surface area contributed by atoms with Crippen LogP contribution in [0.4, 0.5) is 13.2 Å². The Morgan fingerprint density at radius 1 is 1.38 bits per heavy atom. The maximum absolute atomic E-state index is 12.6. The summed E-state index contributed by atoms with van der Waals surface area (Å²) < 4.78 is 42.5. The highest BCUT2D eigenvalue weighted by Gasteiger charge is 2.34. The second-order valence-corrected chi connectivity index (χ2v) is 3.59. The average Bonchev–Trinajstić information content (AvgIpc) is 2.15. The number of methoxy groups -OCH3 is 1. The van der Waals surface area contributed by atoms with Crippen molar-refractivity contribution in [1.82, 2.24) is 0 Å². The van der Waals surface area contributed by atoms with E-state index in [4.69, 9.17) is 5.11 Å². The number of benzene rings is 1. The van der Waals surface area contributed by atoms with Gasteiger partial charge in [-0.05, 0) is 31.0 Å². The molecule has 2 nitrogen and oxygen atoms in total. The first-order valence-corrected chi connectivity index (χ1v) is 4.76. The van der Waals surface area contributed by atoms with Crippen molar-refractivity contribution >= 4 is 0 Å². The molecule has 0 saturated carbocycles. The van der Waals surface area contributed by atoms with Gasteiger partial charge < -0.3 is 9.84 Å². The van der Waals surface area contributed by atoms with Gasteiger partial charge in [-0.25, -0.2) is 0 Å². The molecule has 0 saturated heterocycles. The zero-order valence-electron chi connectivity index (χ0n) is 9.01. The van der Waals surface area contributed by atoms with Crippen molar-refractivity contribution in [3.8, 4) is 5.75 Å². The van der Waals surface area contributed by atoms with Crippen LogP contribution in [0.3, 0.4) is 0 Å². The smallest absolute Gasteiger partial charge is 0.419 e. The molecule has 0 aliphatic rings. The first-order chi connectivity index (χ1) is 7.34. The van der Waals surface area contributed by atoms with Gasteiger partial charge >= 0.3 is 6.18 Å². The topological polar surface area (TPSA) is 29.5 Å². The maximum Gasteiger partial charge on any atom is 0.419 e. The SMILES string of the molecule is COc1ccc(C[C@@H](C)O)cc1C(F)(F)F. The molecule has 0 spiro atoms. The summed E-state index contributed by atoms with van der Waals surface area (Å²) in [6.07, 6.45) is -4.93. The molecule has 0 radical (unpaired) electrons. The second kappa shape index (κ2) is 4.74. The molecule has 1 aromatic rings. The second-order valence-electron chi connectivity index (χ2n) is 3.59. The molecule has 1 aromatic carbocycles. The van der Waals surface area contributed by atoms with Crippen molar-refractivity contribution in [2.24, 2.45) is 0 Å². The van der Waals surface area contributed by atoms with E-state index in [1.807, 2.05) is 0 Å². The van der Waals surface area contributed by atoms with Crippen molar-refractivity contribution in [2.45, 2.75) is 25.6 Å². The summed E-state index contributed by atoms with van der Waals surface area (Å²) in [5, 5.41) is 9.11. The molecule has 1 N–H and O–H groups in total. The van der Waals surface area contributed by atoms with Gasteiger partial charge in [0.1, 0.15) is 5.75 Å². The summed E-state index contributed by atoms with van der Waals surface area (Å²) in [6.45, 7) is 1.53. The van der Waals surface area contributed by atoms with Crippen LogP contribution in [0.15, 0.2) is 18.2 Å². The highest BCUT2D eigenvalue weighted by Crippen LogP contribution is 2.36. The minimum absolute atomic E-state index is 0.188. The molecule has 1 atom stereocenters. The van der Waals surface area contributed by atoms with Crippen molar-refractivity contribution in [1.29, 1.82) is 0 Å². The largest absolute Gasteiger partial charge is 0.496 e. The molecule has 0 fully saturated rings. The van der Waals surface area contributed by atoms with Crippen molar-refractivity contribution < 1.29 is 23.0 Å². The summed E-state index contributed by atoms with van der Waals surface area (Å²) in [7, 11) is 1.19. The van der Waals surface area contributed by atoms with E-state index in [-0.39, 0.29) is 12.2 Å². The fourth-order valence-corrected chi connectivity index (χ4v) is 1.44. The van der Waals surface area contributed by atoms with Gasteiger partial charge in [0.2, 0.25) is 0 Å². The predicted octanol–water partition coefficient (Wildman–Crippen LogP) is 2.64. The minimum Gasteiger partial charge on any atom is -0.496 e. The van der Waals surface area contributed by atoms with Gasteiger partial charge in [-0.3, -0.25) is 0 Å². The van der Waals surface area contributed by atoms with E-state index in [1.165, 1.54) is 26.2 Å². The molecule has 1 rings (SSSR count). The standard InChI is InChI=1S/C11H13F3O2/c1-7(15)5-8-3-4-10(16-2)9(6-8)11(12,13)14/h3-4,6-7,15H,5H2,1-2H3/t7-/m1/s1. The van der Waals surface area contributed by atoms with Crippen LogP contribution < -0.4 is 4.74 Å². The first-order valence-electron chi connectivity index (χ1n) is 4.76. The molecular weight excluding hydrogens is 221 g/mol. The zero-order chi connectivity index (χ0) is 12.3. The molecule has 0 aromatic heterocycles. The van der Waals surface area contributed by atoms with Crippen LogP contribution in [0, 0.1) is 0 Å². The van der Waals surface area contributed by atoms with Gasteiger partial charge in [0.15, 0.2) is 0 Å². The Bertz CT molecular complexity index is 359. The third-order valence-electron chi connectivity index (χ3n) is 2.10. The van der Waals surface area contributed by atoms with Gasteiger partial charge in [0.05, 0.1) is 18.8 Å². The van der Waals surface area contributed by atoms with Crippen LogP contribution in [0.1, 0.15) is 18.1 Å². The number of hydrogen-bond acceptors (Lipinski definition) is 2. The van der Waals surface area contributed by atoms with Crippen LogP contribution in [-0.2, 0) is 12.6 Å². The third-order valence-corrected chi connectivity index (χ3v) is 2.10. The number of ether oxygens (including phenoxy) is 1. The summed E-state index contributed by atoms with van der Waals surface area (Å²) in [5.41, 5.74) is -0.378. The van der Waals surface area contributed by atoms with Crippen LogP contribution in [-0.4, -0.2) is 18.3 Å². The Morgan fingerprint density at radius 2 is 2.00 bits per heavy atom. The fourth-order valence-electron chi connectivity index (χ4n) is 1.44. The Balaban J connectivity index is 3.12. The van der Waals surface area contributed by atoms with E-state index in [0.29, 0.717) is 5.56 Å². The van der Waals surface area contributed by atoms with E-state index >= 15 is 0 Å². The van der Waals surface area contributed by atoms with Crippen LogP contribution >= 0.6 is 0 Å². The van der Waals surface area contributed by atoms with Crippen molar-refractivity contribution in [2.75, 3.05) is 7.11 Å². The quantitative estimate of drug-likeness (QED) is 0.871. The lowest BCUT2D eigenvalue weighted by atomic mass is 10.0. The molecule has 0 amide bonds. The molecule has 90 valence electrons. The molecule has 0 aliphatic carbocycles. The zero-order valence-corrected chi connectivity index (χ0v) is 9.01. The monoisotopic (exact) mass is 234 g/mol. The highest BCUT2D eigenvalue weighted by molar-refractivity contribution is 5.39. The van der Waals surface area contributed by atoms with E-state index in [9.17, 15) is 13.2 Å². The lowest BCUT2D eigenvalue weighted by Gasteiger charge is -2.14. The normalized spacial score (nSPS) is 13.6. The van der Waals surface area contributed by atoms with E-state index in [2.05, 4.69) is 4.74 Å². The van der Waals surface area contributed by atoms with Crippen LogP contribution in [0.5, 0.6) is 5.75 Å². The van der Waals surface area contributed by atoms with Crippen molar-refractivity contribution in [3.05, 3.63) is 29.3 Å². The van der Waals surface area contributed by atoms with Gasteiger partial charge in [0, 0.05) is 0 Å². The summed E-state index contributed by atoms with van der Waals surface area (Å²) >= 11 is 0. The maximum atomic E-state index is 12.6. The third kappa shape index (κ3) is 3.13. The highest BCUT2D eigenvalue weighted by atomic mass is 19.4. The number of hydrogen-bond donors (Lipinski definition) is 1. The number of aliphatic hydroxyl groups is 1. The van der Waals surface area contributed by atoms with Crippen LogP contribution in [0.2, 0.25) is 0 Å². The molecule has 0 heterocycles. The number of aliphatic hydroxyl groups excluding tert-OH is 1. The van der Waals surface area contributed by atoms with Crippen LogP contribution in [0.25, 0.3) is 0 Å². The molecule has 16 heavy (non-hydrogen) atoms. The first kappa shape index (κ1) is 12.8. The van der Waals surface area contributed by atoms with Gasteiger partial charge in [-0.1, -0.05) is 6.07 Å². The Labute approximate surface area is 91.7 Å². The average molecular weight is 234 g/mol. The Morgan fingerprint density at radius 3 is 2.44 bits per heavy atom. The van der Waals surface area contributed by atoms with Gasteiger partial charge in [-0.15, -0.1) is 0 Å². The van der Waals surface area contributed by atoms with E-state index in [1.54, 1.807) is 0 Å². The summed E-state index contributed by atoms with van der Waals surface area (Å²) in [6, 6.07) is 3.78. The van der Waals surface area contributed by atoms with E-state index < -0.39 is 17.8 Å². The molecule has 5 heteroatoms. The number of rotatable bonds is 3. The minimum atomic E-state index is -4.44. The molecule has 0 unspecified atom stereocenters. The Hall–Kier alpha value is -1.23. The van der Waals surface area contributed by atoms with Gasteiger partial charge in [-0.2, -0.15) is 13.2 Å². The lowest BCUT2D eigenvalue weighted by Crippen LogP contribution is -2.10. The molecular formula is C11H13F3O2. The Kier molecular flexibility index (Phi) is 3.80.